The van der Waals surface area contributed by atoms with Gasteiger partial charge in [-0.25, -0.2) is 4.98 Å². The van der Waals surface area contributed by atoms with Crippen molar-refractivity contribution in [2.75, 3.05) is 26.2 Å². The fourth-order valence-electron chi connectivity index (χ4n) is 3.69. The van der Waals surface area contributed by atoms with E-state index in [4.69, 9.17) is 4.74 Å². The van der Waals surface area contributed by atoms with Crippen LogP contribution in [0.3, 0.4) is 0 Å². The maximum absolute atomic E-state index is 10.4. The van der Waals surface area contributed by atoms with Crippen LogP contribution in [0.5, 0.6) is 5.75 Å². The lowest BCUT2D eigenvalue weighted by Gasteiger charge is -2.38. The highest BCUT2D eigenvalue weighted by molar-refractivity contribution is 5.39. The molecule has 1 aliphatic heterocycles. The monoisotopic (exact) mass is 343 g/mol. The van der Waals surface area contributed by atoms with Crippen LogP contribution in [0, 0.1) is 19.8 Å². The van der Waals surface area contributed by atoms with Gasteiger partial charge in [-0.1, -0.05) is 25.1 Å². The Labute approximate surface area is 150 Å². The minimum atomic E-state index is -0.490. The Morgan fingerprint density at radius 3 is 2.76 bits per heavy atom. The Morgan fingerprint density at radius 2 is 2.08 bits per heavy atom. The van der Waals surface area contributed by atoms with E-state index in [1.54, 1.807) is 0 Å². The molecule has 0 saturated carbocycles. The first-order chi connectivity index (χ1) is 12.0. The largest absolute Gasteiger partial charge is 0.490 e. The molecule has 5 heteroatoms. The molecular formula is C20H29N3O2. The minimum absolute atomic E-state index is 0.327. The number of hydrogen-bond acceptors (Lipinski definition) is 4. The summed E-state index contributed by atoms with van der Waals surface area (Å²) < 4.78 is 8.09. The summed E-state index contributed by atoms with van der Waals surface area (Å²) in [5.74, 6) is 1.51. The van der Waals surface area contributed by atoms with E-state index in [0.29, 0.717) is 25.1 Å². The van der Waals surface area contributed by atoms with E-state index in [-0.39, 0.29) is 0 Å². The number of aliphatic hydroxyl groups excluding tert-OH is 1. The van der Waals surface area contributed by atoms with Crippen molar-refractivity contribution in [3.8, 4) is 5.75 Å². The van der Waals surface area contributed by atoms with Crippen LogP contribution >= 0.6 is 0 Å². The molecule has 0 radical (unpaired) electrons. The van der Waals surface area contributed by atoms with Gasteiger partial charge in [0.2, 0.25) is 0 Å². The summed E-state index contributed by atoms with van der Waals surface area (Å²) in [7, 11) is 0. The number of imidazole rings is 1. The third-order valence-corrected chi connectivity index (χ3v) is 5.21. The standard InChI is InChI=1S/C20H29N3O2/c1-15-7-9-22(12-19(15)23-10-8-21-14-23)11-18(24)13-25-20-16(2)5-4-6-17(20)3/h4-6,8,10,14-15,18-19,24H,7,9,11-13H2,1-3H3. The summed E-state index contributed by atoms with van der Waals surface area (Å²) in [6.07, 6.45) is 6.40. The predicted molar refractivity (Wildman–Crippen MR) is 98.9 cm³/mol. The number of aromatic nitrogens is 2. The van der Waals surface area contributed by atoms with Gasteiger partial charge in [0.05, 0.1) is 6.33 Å². The number of piperidine rings is 1. The van der Waals surface area contributed by atoms with Crippen LogP contribution in [-0.4, -0.2) is 51.9 Å². The van der Waals surface area contributed by atoms with Crippen LogP contribution < -0.4 is 4.74 Å². The van der Waals surface area contributed by atoms with Crippen LogP contribution in [0.4, 0.5) is 0 Å². The second-order valence-electron chi connectivity index (χ2n) is 7.29. The second-order valence-corrected chi connectivity index (χ2v) is 7.29. The Hall–Kier alpha value is -1.85. The molecule has 5 nitrogen and oxygen atoms in total. The number of aryl methyl sites for hydroxylation is 2. The topological polar surface area (TPSA) is 50.5 Å². The SMILES string of the molecule is Cc1cccc(C)c1OCC(O)CN1CCC(C)C(n2ccnc2)C1. The quantitative estimate of drug-likeness (QED) is 0.876. The smallest absolute Gasteiger partial charge is 0.125 e. The number of ether oxygens (including phenoxy) is 1. The van der Waals surface area contributed by atoms with Crippen LogP contribution in [0.1, 0.15) is 30.5 Å². The Kier molecular flexibility index (Phi) is 5.76. The molecule has 1 aliphatic rings. The van der Waals surface area contributed by atoms with Gasteiger partial charge in [-0.05, 0) is 43.9 Å². The van der Waals surface area contributed by atoms with Gasteiger partial charge in [0.15, 0.2) is 0 Å². The maximum Gasteiger partial charge on any atom is 0.125 e. The van der Waals surface area contributed by atoms with Gasteiger partial charge < -0.3 is 14.4 Å². The van der Waals surface area contributed by atoms with E-state index < -0.39 is 6.10 Å². The number of benzene rings is 1. The van der Waals surface area contributed by atoms with Crippen molar-refractivity contribution in [2.24, 2.45) is 5.92 Å². The molecule has 1 aromatic heterocycles. The van der Waals surface area contributed by atoms with Gasteiger partial charge in [-0.2, -0.15) is 0 Å². The molecule has 0 bridgehead atoms. The Balaban J connectivity index is 1.53. The van der Waals surface area contributed by atoms with Crippen LogP contribution in [0.2, 0.25) is 0 Å². The molecule has 3 atom stereocenters. The van der Waals surface area contributed by atoms with E-state index in [1.165, 1.54) is 0 Å². The molecule has 2 aromatic rings. The van der Waals surface area contributed by atoms with E-state index in [9.17, 15) is 5.11 Å². The first-order valence-corrected chi connectivity index (χ1v) is 9.11. The molecule has 1 fully saturated rings. The van der Waals surface area contributed by atoms with Crippen LogP contribution in [0.25, 0.3) is 0 Å². The van der Waals surface area contributed by atoms with Crippen LogP contribution in [-0.2, 0) is 0 Å². The predicted octanol–water partition coefficient (Wildman–Crippen LogP) is 2.82. The molecule has 1 N–H and O–H groups in total. The van der Waals surface area contributed by atoms with Gasteiger partial charge in [0.25, 0.3) is 0 Å². The van der Waals surface area contributed by atoms with Crippen molar-refractivity contribution in [1.82, 2.24) is 14.5 Å². The molecular weight excluding hydrogens is 314 g/mol. The first-order valence-electron chi connectivity index (χ1n) is 9.11. The fraction of sp³-hybridized carbons (Fsp3) is 0.550. The summed E-state index contributed by atoms with van der Waals surface area (Å²) in [4.78, 5) is 6.51. The lowest BCUT2D eigenvalue weighted by molar-refractivity contribution is 0.0424. The number of β-amino-alcohol motifs (C(OH)–C–C–N with tert-alkyl or cyclic N) is 1. The Bertz CT molecular complexity index is 651. The number of nitrogens with zero attached hydrogens (tertiary/aromatic N) is 3. The molecule has 1 aromatic carbocycles. The van der Waals surface area contributed by atoms with Gasteiger partial charge in [-0.15, -0.1) is 0 Å². The number of likely N-dealkylation sites (tertiary alicyclic amines) is 1. The summed E-state index contributed by atoms with van der Waals surface area (Å²) in [5.41, 5.74) is 2.22. The van der Waals surface area contributed by atoms with Gasteiger partial charge >= 0.3 is 0 Å². The highest BCUT2D eigenvalue weighted by atomic mass is 16.5. The molecule has 3 unspecified atom stereocenters. The molecule has 25 heavy (non-hydrogen) atoms. The van der Waals surface area contributed by atoms with E-state index in [1.807, 2.05) is 50.8 Å². The van der Waals surface area contributed by atoms with Crippen molar-refractivity contribution in [1.29, 1.82) is 0 Å². The zero-order valence-electron chi connectivity index (χ0n) is 15.4. The third-order valence-electron chi connectivity index (χ3n) is 5.21. The molecule has 0 spiro atoms. The Morgan fingerprint density at radius 1 is 1.32 bits per heavy atom. The molecule has 2 heterocycles. The number of aliphatic hydroxyl groups is 1. The molecule has 0 aliphatic carbocycles. The number of para-hydroxylation sites is 1. The van der Waals surface area contributed by atoms with Crippen molar-refractivity contribution in [3.05, 3.63) is 48.0 Å². The molecule has 0 amide bonds. The van der Waals surface area contributed by atoms with Gasteiger partial charge in [0, 0.05) is 31.5 Å². The maximum atomic E-state index is 10.4. The zero-order chi connectivity index (χ0) is 17.8. The summed E-state index contributed by atoms with van der Waals surface area (Å²) in [6, 6.07) is 6.52. The summed E-state index contributed by atoms with van der Waals surface area (Å²) >= 11 is 0. The zero-order valence-corrected chi connectivity index (χ0v) is 15.4. The van der Waals surface area contributed by atoms with Crippen molar-refractivity contribution in [2.45, 2.75) is 39.3 Å². The normalized spacial score (nSPS) is 22.7. The van der Waals surface area contributed by atoms with Crippen LogP contribution in [0.15, 0.2) is 36.9 Å². The second kappa shape index (κ2) is 8.02. The minimum Gasteiger partial charge on any atom is -0.490 e. The summed E-state index contributed by atoms with van der Waals surface area (Å²) in [5, 5.41) is 10.4. The fourth-order valence-corrected chi connectivity index (χ4v) is 3.69. The van der Waals surface area contributed by atoms with E-state index >= 15 is 0 Å². The highest BCUT2D eigenvalue weighted by Crippen LogP contribution is 2.27. The average Bonchev–Trinajstić information content (AvgIpc) is 3.10. The molecule has 1 saturated heterocycles. The first kappa shape index (κ1) is 18.0. The van der Waals surface area contributed by atoms with E-state index in [2.05, 4.69) is 21.4 Å². The van der Waals surface area contributed by atoms with E-state index in [0.717, 1.165) is 36.4 Å². The molecule has 136 valence electrons. The number of rotatable bonds is 6. The lowest BCUT2D eigenvalue weighted by Crippen LogP contribution is -2.44. The lowest BCUT2D eigenvalue weighted by atomic mass is 9.93. The third kappa shape index (κ3) is 4.41. The molecule has 3 rings (SSSR count). The van der Waals surface area contributed by atoms with Gasteiger partial charge in [-0.3, -0.25) is 4.90 Å². The average molecular weight is 343 g/mol. The van der Waals surface area contributed by atoms with Crippen molar-refractivity contribution < 1.29 is 9.84 Å². The van der Waals surface area contributed by atoms with Crippen molar-refractivity contribution >= 4 is 0 Å². The summed E-state index contributed by atoms with van der Waals surface area (Å²) in [6.45, 7) is 9.30. The van der Waals surface area contributed by atoms with Crippen molar-refractivity contribution in [3.63, 3.8) is 0 Å². The number of hydrogen-bond donors (Lipinski definition) is 1. The highest BCUT2D eigenvalue weighted by Gasteiger charge is 2.28. The van der Waals surface area contributed by atoms with Gasteiger partial charge in [0.1, 0.15) is 18.5 Å².